The molecule has 0 spiro atoms. The number of hydrogen-bond donors (Lipinski definition) is 0. The summed E-state index contributed by atoms with van der Waals surface area (Å²) >= 11 is 18.0. The van der Waals surface area contributed by atoms with Crippen molar-refractivity contribution >= 4 is 50.5 Å². The molecule has 0 fully saturated rings. The molecule has 8 heteroatoms. The number of ether oxygens (including phenoxy) is 1. The third kappa shape index (κ3) is 3.69. The van der Waals surface area contributed by atoms with E-state index >= 15 is 0 Å². The van der Waals surface area contributed by atoms with Crippen molar-refractivity contribution in [3.05, 3.63) is 51.5 Å². The zero-order chi connectivity index (χ0) is 17.2. The highest BCUT2D eigenvalue weighted by Crippen LogP contribution is 2.36. The molecule has 0 heterocycles. The summed E-state index contributed by atoms with van der Waals surface area (Å²) < 4.78 is 32.4. The van der Waals surface area contributed by atoms with Gasteiger partial charge < -0.3 is 4.74 Å². The lowest BCUT2D eigenvalue weighted by Gasteiger charge is -2.25. The quantitative estimate of drug-likeness (QED) is 0.727. The summed E-state index contributed by atoms with van der Waals surface area (Å²) in [5, 5.41) is 0.766. The first kappa shape index (κ1) is 18.2. The molecule has 0 saturated carbocycles. The van der Waals surface area contributed by atoms with E-state index in [-0.39, 0.29) is 21.5 Å². The molecule has 4 nitrogen and oxygen atoms in total. The molecule has 0 aromatic heterocycles. The van der Waals surface area contributed by atoms with Crippen LogP contribution in [0.3, 0.4) is 0 Å². The van der Waals surface area contributed by atoms with Gasteiger partial charge in [0.15, 0.2) is 0 Å². The summed E-state index contributed by atoms with van der Waals surface area (Å²) in [4.78, 5) is -0.0736. The number of methoxy groups -OCH3 is 1. The zero-order valence-corrected chi connectivity index (χ0v) is 15.5. The molecule has 0 saturated heterocycles. The molecule has 0 amide bonds. The molecule has 0 aliphatic carbocycles. The normalized spacial score (nSPS) is 11.3. The van der Waals surface area contributed by atoms with Gasteiger partial charge in [-0.2, -0.15) is 0 Å². The average molecular weight is 395 g/mol. The van der Waals surface area contributed by atoms with Crippen molar-refractivity contribution in [2.24, 2.45) is 0 Å². The molecule has 124 valence electrons. The first-order valence-electron chi connectivity index (χ1n) is 6.62. The molecule has 0 bridgehead atoms. The number of sulfonamides is 1. The van der Waals surface area contributed by atoms with Crippen molar-refractivity contribution in [1.29, 1.82) is 0 Å². The molecule has 0 atom stereocenters. The Bertz CT molecular complexity index is 825. The Morgan fingerprint density at radius 1 is 1.04 bits per heavy atom. The highest BCUT2D eigenvalue weighted by atomic mass is 35.5. The number of hydrogen-bond acceptors (Lipinski definition) is 3. The Morgan fingerprint density at radius 3 is 2.26 bits per heavy atom. The van der Waals surface area contributed by atoms with Gasteiger partial charge in [-0.1, -0.05) is 34.8 Å². The minimum Gasteiger partial charge on any atom is -0.495 e. The van der Waals surface area contributed by atoms with Gasteiger partial charge in [-0.3, -0.25) is 4.31 Å². The fourth-order valence-electron chi connectivity index (χ4n) is 2.12. The van der Waals surface area contributed by atoms with Gasteiger partial charge in [0.25, 0.3) is 10.0 Å². The van der Waals surface area contributed by atoms with Gasteiger partial charge in [0, 0.05) is 16.6 Å². The van der Waals surface area contributed by atoms with Crippen LogP contribution < -0.4 is 9.04 Å². The Kier molecular flexibility index (Phi) is 5.68. The summed E-state index contributed by atoms with van der Waals surface area (Å²) in [5.74, 6) is 0.387. The predicted molar refractivity (Wildman–Crippen MR) is 94.7 cm³/mol. The lowest BCUT2D eigenvalue weighted by molar-refractivity contribution is 0.415. The Hall–Kier alpha value is -1.14. The molecule has 0 unspecified atom stereocenters. The largest absolute Gasteiger partial charge is 0.495 e. The van der Waals surface area contributed by atoms with Crippen LogP contribution in [0.4, 0.5) is 5.69 Å². The fourth-order valence-corrected chi connectivity index (χ4v) is 4.50. The van der Waals surface area contributed by atoms with E-state index in [9.17, 15) is 8.42 Å². The monoisotopic (exact) mass is 393 g/mol. The van der Waals surface area contributed by atoms with Crippen molar-refractivity contribution < 1.29 is 13.2 Å². The Labute approximate surface area is 150 Å². The lowest BCUT2D eigenvalue weighted by atomic mass is 10.3. The average Bonchev–Trinajstić information content (AvgIpc) is 2.50. The van der Waals surface area contributed by atoms with Crippen molar-refractivity contribution in [3.63, 3.8) is 0 Å². The molecule has 0 radical (unpaired) electrons. The summed E-state index contributed by atoms with van der Waals surface area (Å²) in [7, 11) is -2.47. The molecule has 0 N–H and O–H groups in total. The van der Waals surface area contributed by atoms with Gasteiger partial charge in [0.2, 0.25) is 0 Å². The van der Waals surface area contributed by atoms with Crippen LogP contribution in [0, 0.1) is 0 Å². The van der Waals surface area contributed by atoms with Crippen LogP contribution in [0.1, 0.15) is 6.92 Å². The topological polar surface area (TPSA) is 46.6 Å². The van der Waals surface area contributed by atoms with Crippen LogP contribution in [0.15, 0.2) is 41.3 Å². The second-order valence-electron chi connectivity index (χ2n) is 4.56. The lowest BCUT2D eigenvalue weighted by Crippen LogP contribution is -2.31. The molecule has 0 aliphatic heterocycles. The van der Waals surface area contributed by atoms with E-state index < -0.39 is 10.0 Å². The van der Waals surface area contributed by atoms with Crippen LogP contribution in [0.2, 0.25) is 15.1 Å². The standard InChI is InChI=1S/C15H14Cl3NO3S/c1-3-19(13-8-10(16)5-7-14(13)22-2)23(20,21)15-9-11(17)4-6-12(15)18/h4-9H,3H2,1-2H3. The third-order valence-electron chi connectivity index (χ3n) is 3.16. The van der Waals surface area contributed by atoms with Gasteiger partial charge in [0.05, 0.1) is 17.8 Å². The van der Waals surface area contributed by atoms with E-state index in [1.807, 2.05) is 0 Å². The van der Waals surface area contributed by atoms with Crippen molar-refractivity contribution in [2.75, 3.05) is 18.0 Å². The highest BCUT2D eigenvalue weighted by molar-refractivity contribution is 7.93. The highest BCUT2D eigenvalue weighted by Gasteiger charge is 2.28. The van der Waals surface area contributed by atoms with Crippen LogP contribution in [0.5, 0.6) is 5.75 Å². The van der Waals surface area contributed by atoms with Gasteiger partial charge >= 0.3 is 0 Å². The summed E-state index contributed by atoms with van der Waals surface area (Å²) in [5.41, 5.74) is 0.332. The SMILES string of the molecule is CCN(c1cc(Cl)ccc1OC)S(=O)(=O)c1cc(Cl)ccc1Cl. The molecule has 23 heavy (non-hydrogen) atoms. The molecule has 0 aliphatic rings. The second kappa shape index (κ2) is 7.18. The second-order valence-corrected chi connectivity index (χ2v) is 7.67. The van der Waals surface area contributed by atoms with Crippen LogP contribution >= 0.6 is 34.8 Å². The molecular weight excluding hydrogens is 381 g/mol. The number of halogens is 3. The van der Waals surface area contributed by atoms with E-state index in [2.05, 4.69) is 0 Å². The fraction of sp³-hybridized carbons (Fsp3) is 0.200. The maximum absolute atomic E-state index is 13.0. The third-order valence-corrected chi connectivity index (χ3v) is 6.00. The minimum absolute atomic E-state index is 0.0736. The van der Waals surface area contributed by atoms with Crippen molar-refractivity contribution in [3.8, 4) is 5.75 Å². The van der Waals surface area contributed by atoms with E-state index in [0.717, 1.165) is 0 Å². The van der Waals surface area contributed by atoms with Crippen molar-refractivity contribution in [1.82, 2.24) is 0 Å². The van der Waals surface area contributed by atoms with Gasteiger partial charge in [-0.25, -0.2) is 8.42 Å². The molecular formula is C15H14Cl3NO3S. The minimum atomic E-state index is -3.93. The summed E-state index contributed by atoms with van der Waals surface area (Å²) in [6.45, 7) is 1.87. The maximum Gasteiger partial charge on any atom is 0.265 e. The Morgan fingerprint density at radius 2 is 1.65 bits per heavy atom. The van der Waals surface area contributed by atoms with Crippen LogP contribution in [-0.2, 0) is 10.0 Å². The number of rotatable bonds is 5. The van der Waals surface area contributed by atoms with E-state index in [4.69, 9.17) is 39.5 Å². The number of anilines is 1. The molecule has 2 rings (SSSR count). The zero-order valence-electron chi connectivity index (χ0n) is 12.4. The van der Waals surface area contributed by atoms with E-state index in [0.29, 0.717) is 16.5 Å². The number of nitrogens with zero attached hydrogens (tertiary/aromatic N) is 1. The van der Waals surface area contributed by atoms with Gasteiger partial charge in [-0.15, -0.1) is 0 Å². The molecule has 2 aromatic rings. The first-order chi connectivity index (χ1) is 10.8. The van der Waals surface area contributed by atoms with E-state index in [1.165, 1.54) is 35.7 Å². The van der Waals surface area contributed by atoms with Crippen molar-refractivity contribution in [2.45, 2.75) is 11.8 Å². The predicted octanol–water partition coefficient (Wildman–Crippen LogP) is 4.87. The Balaban J connectivity index is 2.65. The van der Waals surface area contributed by atoms with Crippen LogP contribution in [-0.4, -0.2) is 22.1 Å². The first-order valence-corrected chi connectivity index (χ1v) is 9.20. The smallest absolute Gasteiger partial charge is 0.265 e. The number of benzene rings is 2. The molecule has 2 aromatic carbocycles. The van der Waals surface area contributed by atoms with Gasteiger partial charge in [-0.05, 0) is 43.3 Å². The van der Waals surface area contributed by atoms with Gasteiger partial charge in [0.1, 0.15) is 10.6 Å². The summed E-state index contributed by atoms with van der Waals surface area (Å²) in [6, 6.07) is 9.05. The maximum atomic E-state index is 13.0. The van der Waals surface area contributed by atoms with E-state index in [1.54, 1.807) is 19.1 Å². The van der Waals surface area contributed by atoms with Crippen LogP contribution in [0.25, 0.3) is 0 Å². The summed E-state index contributed by atoms with van der Waals surface area (Å²) in [6.07, 6.45) is 0.